The van der Waals surface area contributed by atoms with Gasteiger partial charge in [-0.15, -0.1) is 0 Å². The molecule has 1 N–H and O–H groups in total. The molecule has 0 bridgehead atoms. The van der Waals surface area contributed by atoms with Gasteiger partial charge in [0.05, 0.1) is 5.02 Å². The first-order valence-corrected chi connectivity index (χ1v) is 4.45. The lowest BCUT2D eigenvalue weighted by Crippen LogP contribution is -1.94. The number of phenols is 1. The molecule has 0 saturated carbocycles. The van der Waals surface area contributed by atoms with E-state index >= 15 is 0 Å². The molecule has 0 radical (unpaired) electrons. The van der Waals surface area contributed by atoms with Crippen molar-refractivity contribution in [3.05, 3.63) is 28.8 Å². The van der Waals surface area contributed by atoms with E-state index in [1.54, 1.807) is 6.07 Å². The van der Waals surface area contributed by atoms with Crippen LogP contribution < -0.4 is 0 Å². The molecule has 13 heavy (non-hydrogen) atoms. The van der Waals surface area contributed by atoms with Crippen LogP contribution >= 0.6 is 11.6 Å². The van der Waals surface area contributed by atoms with Crippen molar-refractivity contribution in [2.75, 3.05) is 0 Å². The normalized spacial score (nSPS) is 10.0. The zero-order chi connectivity index (χ0) is 9.84. The molecule has 2 nitrogen and oxygen atoms in total. The van der Waals surface area contributed by atoms with E-state index in [1.165, 1.54) is 13.0 Å². The van der Waals surface area contributed by atoms with Crippen molar-refractivity contribution in [2.45, 2.75) is 19.8 Å². The minimum absolute atomic E-state index is 0.0720. The van der Waals surface area contributed by atoms with E-state index in [2.05, 4.69) is 0 Å². The molecule has 0 fully saturated rings. The van der Waals surface area contributed by atoms with Gasteiger partial charge in [0.25, 0.3) is 0 Å². The van der Waals surface area contributed by atoms with E-state index in [4.69, 9.17) is 11.6 Å². The van der Waals surface area contributed by atoms with E-state index in [-0.39, 0.29) is 11.5 Å². The molecule has 3 heteroatoms. The number of aryl methyl sites for hydroxylation is 1. The van der Waals surface area contributed by atoms with Gasteiger partial charge < -0.3 is 9.90 Å². The van der Waals surface area contributed by atoms with Crippen LogP contribution in [0.5, 0.6) is 5.75 Å². The number of carbonyl (C=O) groups excluding carboxylic acids is 1. The second kappa shape index (κ2) is 4.28. The molecule has 0 heterocycles. The highest BCUT2D eigenvalue weighted by Crippen LogP contribution is 2.27. The Morgan fingerprint density at radius 1 is 1.54 bits per heavy atom. The molecule has 0 aliphatic carbocycles. The Labute approximate surface area is 82.2 Å². The number of Topliss-reactive ketones (excluding diaryl/α,β-unsaturated/α-hetero) is 1. The Kier molecular flexibility index (Phi) is 3.32. The third kappa shape index (κ3) is 2.74. The molecule has 1 aromatic carbocycles. The van der Waals surface area contributed by atoms with Crippen molar-refractivity contribution in [2.24, 2.45) is 0 Å². The van der Waals surface area contributed by atoms with E-state index in [0.29, 0.717) is 17.9 Å². The third-order valence-corrected chi connectivity index (χ3v) is 2.24. The van der Waals surface area contributed by atoms with Gasteiger partial charge in [-0.1, -0.05) is 23.7 Å². The van der Waals surface area contributed by atoms with Crippen molar-refractivity contribution in [1.29, 1.82) is 0 Å². The smallest absolute Gasteiger partial charge is 0.134 e. The SMILES string of the molecule is CC(=O)CCc1cccc(O)c1Cl. The number of hydrogen-bond acceptors (Lipinski definition) is 2. The molecule has 0 unspecified atom stereocenters. The van der Waals surface area contributed by atoms with Crippen LogP contribution in [0.25, 0.3) is 0 Å². The largest absolute Gasteiger partial charge is 0.506 e. The van der Waals surface area contributed by atoms with Gasteiger partial charge in [-0.2, -0.15) is 0 Å². The van der Waals surface area contributed by atoms with Gasteiger partial charge in [0, 0.05) is 6.42 Å². The summed E-state index contributed by atoms with van der Waals surface area (Å²) in [5, 5.41) is 9.60. The number of phenolic OH excluding ortho intramolecular Hbond substituents is 1. The highest BCUT2D eigenvalue weighted by atomic mass is 35.5. The van der Waals surface area contributed by atoms with Crippen LogP contribution in [-0.4, -0.2) is 10.9 Å². The summed E-state index contributed by atoms with van der Waals surface area (Å²) in [6, 6.07) is 5.06. The minimum atomic E-state index is 0.0720. The molecule has 1 rings (SSSR count). The lowest BCUT2D eigenvalue weighted by atomic mass is 10.1. The molecule has 0 amide bonds. The van der Waals surface area contributed by atoms with Crippen LogP contribution in [0.3, 0.4) is 0 Å². The summed E-state index contributed by atoms with van der Waals surface area (Å²) >= 11 is 5.82. The number of carbonyl (C=O) groups is 1. The van der Waals surface area contributed by atoms with Crippen LogP contribution in [0.4, 0.5) is 0 Å². The first-order chi connectivity index (χ1) is 6.11. The van der Waals surface area contributed by atoms with Crippen molar-refractivity contribution in [3.63, 3.8) is 0 Å². The second-order valence-corrected chi connectivity index (χ2v) is 3.33. The summed E-state index contributed by atoms with van der Waals surface area (Å²) < 4.78 is 0. The molecular formula is C10H11ClO2. The second-order valence-electron chi connectivity index (χ2n) is 2.95. The van der Waals surface area contributed by atoms with E-state index in [0.717, 1.165) is 5.56 Å². The number of benzene rings is 1. The maximum Gasteiger partial charge on any atom is 0.134 e. The summed E-state index contributed by atoms with van der Waals surface area (Å²) in [5.41, 5.74) is 0.817. The molecular weight excluding hydrogens is 188 g/mol. The minimum Gasteiger partial charge on any atom is -0.506 e. The summed E-state index contributed by atoms with van der Waals surface area (Å²) in [6.07, 6.45) is 1.05. The Balaban J connectivity index is 2.77. The molecule has 0 aliphatic rings. The highest BCUT2D eigenvalue weighted by Gasteiger charge is 2.05. The molecule has 0 saturated heterocycles. The molecule has 70 valence electrons. The van der Waals surface area contributed by atoms with Gasteiger partial charge in [-0.25, -0.2) is 0 Å². The van der Waals surface area contributed by atoms with Crippen LogP contribution in [0.2, 0.25) is 5.02 Å². The zero-order valence-corrected chi connectivity index (χ0v) is 8.14. The average Bonchev–Trinajstić information content (AvgIpc) is 2.07. The first-order valence-electron chi connectivity index (χ1n) is 4.07. The predicted molar refractivity (Wildman–Crippen MR) is 52.1 cm³/mol. The van der Waals surface area contributed by atoms with E-state index in [1.807, 2.05) is 6.07 Å². The summed E-state index contributed by atoms with van der Waals surface area (Å²) in [4.78, 5) is 10.7. The molecule has 0 atom stereocenters. The van der Waals surface area contributed by atoms with Crippen molar-refractivity contribution in [1.82, 2.24) is 0 Å². The Hall–Kier alpha value is -1.02. The van der Waals surface area contributed by atoms with E-state index in [9.17, 15) is 9.90 Å². The fraction of sp³-hybridized carbons (Fsp3) is 0.300. The maximum absolute atomic E-state index is 10.7. The van der Waals surface area contributed by atoms with Crippen LogP contribution in [0.15, 0.2) is 18.2 Å². The van der Waals surface area contributed by atoms with Gasteiger partial charge in [0.15, 0.2) is 0 Å². The Morgan fingerprint density at radius 2 is 2.23 bits per heavy atom. The molecule has 0 aliphatic heterocycles. The van der Waals surface area contributed by atoms with Crippen molar-refractivity contribution in [3.8, 4) is 5.75 Å². The quantitative estimate of drug-likeness (QED) is 0.811. The zero-order valence-electron chi connectivity index (χ0n) is 7.38. The number of aromatic hydroxyl groups is 1. The molecule has 0 spiro atoms. The number of halogens is 1. The average molecular weight is 199 g/mol. The van der Waals surface area contributed by atoms with Gasteiger partial charge in [0.1, 0.15) is 11.5 Å². The Morgan fingerprint density at radius 3 is 2.85 bits per heavy atom. The third-order valence-electron chi connectivity index (χ3n) is 1.80. The van der Waals surface area contributed by atoms with Crippen molar-refractivity contribution >= 4 is 17.4 Å². The predicted octanol–water partition coefficient (Wildman–Crippen LogP) is 2.57. The lowest BCUT2D eigenvalue weighted by molar-refractivity contribution is -0.116. The lowest BCUT2D eigenvalue weighted by Gasteiger charge is -2.03. The number of hydrogen-bond donors (Lipinski definition) is 1. The molecule has 0 aromatic heterocycles. The number of ketones is 1. The fourth-order valence-corrected chi connectivity index (χ4v) is 1.29. The topological polar surface area (TPSA) is 37.3 Å². The summed E-state index contributed by atoms with van der Waals surface area (Å²) in [5.74, 6) is 0.196. The Bertz CT molecular complexity index is 321. The first kappa shape index (κ1) is 10.1. The van der Waals surface area contributed by atoms with E-state index < -0.39 is 0 Å². The van der Waals surface area contributed by atoms with Gasteiger partial charge >= 0.3 is 0 Å². The maximum atomic E-state index is 10.7. The summed E-state index contributed by atoms with van der Waals surface area (Å²) in [7, 11) is 0. The molecule has 1 aromatic rings. The van der Waals surface area contributed by atoms with Gasteiger partial charge in [-0.05, 0) is 25.0 Å². The highest BCUT2D eigenvalue weighted by molar-refractivity contribution is 6.32. The van der Waals surface area contributed by atoms with Crippen LogP contribution in [-0.2, 0) is 11.2 Å². The van der Waals surface area contributed by atoms with Gasteiger partial charge in [-0.3, -0.25) is 0 Å². The van der Waals surface area contributed by atoms with Crippen LogP contribution in [0, 0.1) is 0 Å². The summed E-state index contributed by atoms with van der Waals surface area (Å²) in [6.45, 7) is 1.54. The van der Waals surface area contributed by atoms with Crippen molar-refractivity contribution < 1.29 is 9.90 Å². The standard InChI is InChI=1S/C10H11ClO2/c1-7(12)5-6-8-3-2-4-9(13)10(8)11/h2-4,13H,5-6H2,1H3. The van der Waals surface area contributed by atoms with Crippen LogP contribution in [0.1, 0.15) is 18.9 Å². The fourth-order valence-electron chi connectivity index (χ4n) is 1.07. The van der Waals surface area contributed by atoms with Gasteiger partial charge in [0.2, 0.25) is 0 Å². The monoisotopic (exact) mass is 198 g/mol. The number of rotatable bonds is 3.